The third-order valence-corrected chi connectivity index (χ3v) is 4.00. The maximum atomic E-state index is 12.8. The van der Waals surface area contributed by atoms with Gasteiger partial charge >= 0.3 is 6.09 Å². The number of nitro groups is 1. The zero-order valence-electron chi connectivity index (χ0n) is 15.2. The second-order valence-electron chi connectivity index (χ2n) is 6.97. The summed E-state index contributed by atoms with van der Waals surface area (Å²) in [6.45, 7) is 7.04. The van der Waals surface area contributed by atoms with Gasteiger partial charge in [-0.25, -0.2) is 4.79 Å². The summed E-state index contributed by atoms with van der Waals surface area (Å²) in [5.41, 5.74) is 0.512. The summed E-state index contributed by atoms with van der Waals surface area (Å²) in [6.07, 6.45) is 1.33. The monoisotopic (exact) mass is 348 g/mol. The number of carbonyl (C=O) groups is 1. The van der Waals surface area contributed by atoms with E-state index in [2.05, 4.69) is 0 Å². The quantitative estimate of drug-likeness (QED) is 0.611. The fourth-order valence-corrected chi connectivity index (χ4v) is 2.94. The van der Waals surface area contributed by atoms with Crippen LogP contribution in [0.2, 0.25) is 0 Å². The number of ether oxygens (including phenoxy) is 2. The van der Waals surface area contributed by atoms with Crippen molar-refractivity contribution in [1.82, 2.24) is 4.90 Å². The van der Waals surface area contributed by atoms with Gasteiger partial charge in [-0.1, -0.05) is 24.3 Å². The first-order valence-corrected chi connectivity index (χ1v) is 8.11. The summed E-state index contributed by atoms with van der Waals surface area (Å²) in [5, 5.41) is 11.7. The molecular formula is C18H24N2O5. The van der Waals surface area contributed by atoms with Crippen LogP contribution >= 0.6 is 0 Å². The lowest BCUT2D eigenvalue weighted by Gasteiger charge is -2.38. The molecule has 2 rings (SSSR count). The highest BCUT2D eigenvalue weighted by Gasteiger charge is 2.45. The fourth-order valence-electron chi connectivity index (χ4n) is 2.94. The van der Waals surface area contributed by atoms with E-state index in [1.54, 1.807) is 58.0 Å². The molecule has 1 heterocycles. The van der Waals surface area contributed by atoms with Crippen molar-refractivity contribution in [3.8, 4) is 5.75 Å². The lowest BCUT2D eigenvalue weighted by molar-refractivity contribution is -0.530. The third-order valence-electron chi connectivity index (χ3n) is 4.00. The Bertz CT molecular complexity index is 693. The molecule has 1 aliphatic rings. The van der Waals surface area contributed by atoms with Gasteiger partial charge in [0, 0.05) is 22.6 Å². The molecule has 0 aromatic heterocycles. The molecule has 0 bridgehead atoms. The summed E-state index contributed by atoms with van der Waals surface area (Å²) in [5.74, 6) is 0.502. The van der Waals surface area contributed by atoms with Crippen molar-refractivity contribution in [2.45, 2.75) is 51.8 Å². The Morgan fingerprint density at radius 3 is 2.52 bits per heavy atom. The molecule has 1 aliphatic heterocycles. The molecule has 0 spiro atoms. The van der Waals surface area contributed by atoms with E-state index in [4.69, 9.17) is 9.47 Å². The van der Waals surface area contributed by atoms with Crippen molar-refractivity contribution in [2.75, 3.05) is 7.11 Å². The van der Waals surface area contributed by atoms with Crippen LogP contribution in [0, 0.1) is 10.1 Å². The van der Waals surface area contributed by atoms with Crippen LogP contribution in [0.15, 0.2) is 36.0 Å². The van der Waals surface area contributed by atoms with E-state index in [-0.39, 0.29) is 11.3 Å². The smallest absolute Gasteiger partial charge is 0.415 e. The van der Waals surface area contributed by atoms with E-state index in [0.717, 1.165) is 0 Å². The van der Waals surface area contributed by atoms with Crippen molar-refractivity contribution in [1.29, 1.82) is 0 Å². The zero-order chi connectivity index (χ0) is 18.8. The van der Waals surface area contributed by atoms with E-state index in [1.165, 1.54) is 12.0 Å². The predicted molar refractivity (Wildman–Crippen MR) is 93.0 cm³/mol. The molecule has 0 N–H and O–H groups in total. The molecule has 0 radical (unpaired) electrons. The van der Waals surface area contributed by atoms with Crippen LogP contribution in [-0.2, 0) is 4.74 Å². The maximum Gasteiger partial charge on any atom is 0.415 e. The topological polar surface area (TPSA) is 81.9 Å². The van der Waals surface area contributed by atoms with Gasteiger partial charge in [-0.15, -0.1) is 0 Å². The van der Waals surface area contributed by atoms with Crippen LogP contribution in [0.1, 0.15) is 45.7 Å². The van der Waals surface area contributed by atoms with E-state index < -0.39 is 23.8 Å². The molecule has 0 saturated carbocycles. The second-order valence-corrected chi connectivity index (χ2v) is 6.97. The van der Waals surface area contributed by atoms with Crippen LogP contribution < -0.4 is 4.74 Å². The van der Waals surface area contributed by atoms with Gasteiger partial charge in [0.05, 0.1) is 7.11 Å². The van der Waals surface area contributed by atoms with Crippen molar-refractivity contribution in [3.63, 3.8) is 0 Å². The molecule has 0 fully saturated rings. The average Bonchev–Trinajstić information content (AvgIpc) is 2.52. The Morgan fingerprint density at radius 2 is 1.96 bits per heavy atom. The van der Waals surface area contributed by atoms with Gasteiger partial charge in [-0.05, 0) is 33.8 Å². The SMILES string of the molecule is COc1ccccc1[C@H]1[C@H]([N+](=O)[O-])CC=C(C)N1C(=O)OC(C)(C)C. The first-order chi connectivity index (χ1) is 11.7. The van der Waals surface area contributed by atoms with E-state index in [9.17, 15) is 14.9 Å². The fraction of sp³-hybridized carbons (Fsp3) is 0.500. The molecule has 7 heteroatoms. The highest BCUT2D eigenvalue weighted by molar-refractivity contribution is 5.72. The lowest BCUT2D eigenvalue weighted by atomic mass is 9.91. The Labute approximate surface area is 147 Å². The molecule has 136 valence electrons. The van der Waals surface area contributed by atoms with E-state index >= 15 is 0 Å². The largest absolute Gasteiger partial charge is 0.496 e. The summed E-state index contributed by atoms with van der Waals surface area (Å²) >= 11 is 0. The number of methoxy groups -OCH3 is 1. The standard InChI is InChI=1S/C18H24N2O5/c1-12-10-11-14(20(22)23)16(13-8-6-7-9-15(13)24-5)19(12)17(21)25-18(2,3)4/h6-10,14,16H,11H2,1-5H3/t14-,16+/m1/s1. The third kappa shape index (κ3) is 4.10. The second kappa shape index (κ2) is 7.13. The van der Waals surface area contributed by atoms with Gasteiger partial charge < -0.3 is 9.47 Å². The number of benzene rings is 1. The van der Waals surface area contributed by atoms with Crippen molar-refractivity contribution in [2.24, 2.45) is 0 Å². The molecule has 1 aromatic rings. The number of para-hydroxylation sites is 1. The highest BCUT2D eigenvalue weighted by Crippen LogP contribution is 2.40. The van der Waals surface area contributed by atoms with Gasteiger partial charge in [-0.3, -0.25) is 15.0 Å². The first-order valence-electron chi connectivity index (χ1n) is 8.11. The minimum Gasteiger partial charge on any atom is -0.496 e. The zero-order valence-corrected chi connectivity index (χ0v) is 15.2. The highest BCUT2D eigenvalue weighted by atomic mass is 16.6. The van der Waals surface area contributed by atoms with Gasteiger partial charge in [-0.2, -0.15) is 0 Å². The Hall–Kier alpha value is -2.57. The van der Waals surface area contributed by atoms with Crippen molar-refractivity contribution in [3.05, 3.63) is 51.7 Å². The van der Waals surface area contributed by atoms with Crippen LogP contribution in [0.3, 0.4) is 0 Å². The summed E-state index contributed by atoms with van der Waals surface area (Å²) in [4.78, 5) is 25.4. The van der Waals surface area contributed by atoms with Crippen LogP contribution in [0.4, 0.5) is 4.79 Å². The molecule has 0 unspecified atom stereocenters. The first kappa shape index (κ1) is 18.8. The Balaban J connectivity index is 2.55. The maximum absolute atomic E-state index is 12.8. The normalized spacial score (nSPS) is 20.7. The number of amides is 1. The summed E-state index contributed by atoms with van der Waals surface area (Å²) in [7, 11) is 1.50. The summed E-state index contributed by atoms with van der Waals surface area (Å²) in [6, 6.07) is 5.25. The van der Waals surface area contributed by atoms with Crippen LogP contribution in [0.5, 0.6) is 5.75 Å². The van der Waals surface area contributed by atoms with Crippen molar-refractivity contribution >= 4 is 6.09 Å². The molecule has 1 amide bonds. The minimum atomic E-state index is -0.979. The van der Waals surface area contributed by atoms with Gasteiger partial charge in [0.25, 0.3) is 0 Å². The van der Waals surface area contributed by atoms with Crippen LogP contribution in [-0.4, -0.2) is 34.7 Å². The van der Waals surface area contributed by atoms with E-state index in [1.807, 2.05) is 0 Å². The molecular weight excluding hydrogens is 324 g/mol. The predicted octanol–water partition coefficient (Wildman–Crippen LogP) is 3.93. The molecule has 0 saturated heterocycles. The number of allylic oxidation sites excluding steroid dienone is 1. The van der Waals surface area contributed by atoms with Gasteiger partial charge in [0.2, 0.25) is 6.04 Å². The number of nitrogens with zero attached hydrogens (tertiary/aromatic N) is 2. The molecule has 7 nitrogen and oxygen atoms in total. The van der Waals surface area contributed by atoms with Crippen LogP contribution in [0.25, 0.3) is 0 Å². The number of carbonyl (C=O) groups excluding carboxylic acids is 1. The average molecular weight is 348 g/mol. The molecule has 0 aliphatic carbocycles. The Morgan fingerprint density at radius 1 is 1.32 bits per heavy atom. The molecule has 25 heavy (non-hydrogen) atoms. The van der Waals surface area contributed by atoms with Gasteiger partial charge in [0.1, 0.15) is 17.4 Å². The Kier molecular flexibility index (Phi) is 5.35. The number of rotatable bonds is 3. The number of hydrogen-bond acceptors (Lipinski definition) is 5. The molecule has 2 atom stereocenters. The minimum absolute atomic E-state index is 0.237. The lowest BCUT2D eigenvalue weighted by Crippen LogP contribution is -2.47. The van der Waals surface area contributed by atoms with Gasteiger partial charge in [0.15, 0.2) is 0 Å². The van der Waals surface area contributed by atoms with Crippen molar-refractivity contribution < 1.29 is 19.2 Å². The van der Waals surface area contributed by atoms with E-state index in [0.29, 0.717) is 17.0 Å². The number of hydrogen-bond donors (Lipinski definition) is 0. The summed E-state index contributed by atoms with van der Waals surface area (Å²) < 4.78 is 10.9. The molecule has 1 aromatic carbocycles.